The molecule has 6 heteroatoms. The molecule has 3 rings (SSSR count). The Kier molecular flexibility index (Phi) is 12.1. The van der Waals surface area contributed by atoms with Gasteiger partial charge in [0.05, 0.1) is 5.41 Å². The molecule has 0 bridgehead atoms. The van der Waals surface area contributed by atoms with Gasteiger partial charge in [-0.2, -0.15) is 0 Å². The molecule has 1 aromatic rings. The van der Waals surface area contributed by atoms with Gasteiger partial charge in [-0.15, -0.1) is 24.8 Å². The molecule has 2 atom stereocenters. The Morgan fingerprint density at radius 2 is 1.59 bits per heavy atom. The Bertz CT molecular complexity index is 781. The van der Waals surface area contributed by atoms with E-state index in [0.29, 0.717) is 30.6 Å². The first-order chi connectivity index (χ1) is 15.1. The first-order valence-electron chi connectivity index (χ1n) is 12.6. The van der Waals surface area contributed by atoms with Gasteiger partial charge in [0, 0.05) is 24.7 Å². The molecule has 2 fully saturated rings. The van der Waals surface area contributed by atoms with Crippen LogP contribution in [0.5, 0.6) is 0 Å². The van der Waals surface area contributed by atoms with Crippen molar-refractivity contribution in [3.05, 3.63) is 41.5 Å². The Balaban J connectivity index is 0.00000289. The number of hydrogen-bond donors (Lipinski definition) is 2. The Morgan fingerprint density at radius 3 is 2.15 bits per heavy atom. The molecule has 1 aromatic carbocycles. The van der Waals surface area contributed by atoms with Crippen molar-refractivity contribution in [3.8, 4) is 0 Å². The SMILES string of the molecule is CC/C(=C\c1ccccc1)C1CC1N[C@H]1CC[C@H](NCC(C)(C)C(=O)OC(C)(C)C)CC1.Cl.Cl. The normalized spacial score (nSPS) is 25.1. The lowest BCUT2D eigenvalue weighted by atomic mass is 9.88. The first kappa shape index (κ1) is 31.0. The highest BCUT2D eigenvalue weighted by molar-refractivity contribution is 5.85. The second-order valence-electron chi connectivity index (χ2n) is 11.4. The van der Waals surface area contributed by atoms with E-state index in [1.807, 2.05) is 34.6 Å². The van der Waals surface area contributed by atoms with Gasteiger partial charge < -0.3 is 15.4 Å². The van der Waals surface area contributed by atoms with Crippen LogP contribution in [0.1, 0.15) is 85.6 Å². The number of rotatable bonds is 9. The molecule has 2 aliphatic carbocycles. The van der Waals surface area contributed by atoms with E-state index in [9.17, 15) is 4.79 Å². The van der Waals surface area contributed by atoms with Crippen LogP contribution in [0.15, 0.2) is 35.9 Å². The summed E-state index contributed by atoms with van der Waals surface area (Å²) in [6, 6.07) is 12.5. The largest absolute Gasteiger partial charge is 0.460 e. The summed E-state index contributed by atoms with van der Waals surface area (Å²) in [6.45, 7) is 12.7. The molecule has 2 saturated carbocycles. The monoisotopic (exact) mass is 512 g/mol. The first-order valence-corrected chi connectivity index (χ1v) is 12.6. The van der Waals surface area contributed by atoms with Gasteiger partial charge in [-0.25, -0.2) is 0 Å². The van der Waals surface area contributed by atoms with Crippen molar-refractivity contribution in [1.29, 1.82) is 0 Å². The maximum atomic E-state index is 12.5. The van der Waals surface area contributed by atoms with E-state index in [-0.39, 0.29) is 30.8 Å². The topological polar surface area (TPSA) is 50.4 Å². The molecule has 2 N–H and O–H groups in total. The van der Waals surface area contributed by atoms with E-state index in [2.05, 4.69) is 54.0 Å². The predicted octanol–water partition coefficient (Wildman–Crippen LogP) is 6.57. The van der Waals surface area contributed by atoms with Crippen molar-refractivity contribution in [3.63, 3.8) is 0 Å². The minimum atomic E-state index is -0.509. The van der Waals surface area contributed by atoms with Crippen LogP contribution in [-0.4, -0.2) is 36.2 Å². The lowest BCUT2D eigenvalue weighted by molar-refractivity contribution is -0.165. The molecular weight excluding hydrogens is 467 g/mol. The van der Waals surface area contributed by atoms with Gasteiger partial charge >= 0.3 is 5.97 Å². The second-order valence-corrected chi connectivity index (χ2v) is 11.4. The molecule has 0 amide bonds. The van der Waals surface area contributed by atoms with Crippen molar-refractivity contribution < 1.29 is 9.53 Å². The number of halogens is 2. The van der Waals surface area contributed by atoms with Crippen molar-refractivity contribution >= 4 is 36.9 Å². The van der Waals surface area contributed by atoms with Crippen molar-refractivity contribution in [2.45, 2.75) is 104 Å². The van der Waals surface area contributed by atoms with Gasteiger partial charge in [0.15, 0.2) is 0 Å². The summed E-state index contributed by atoms with van der Waals surface area (Å²) in [5.41, 5.74) is 1.95. The summed E-state index contributed by atoms with van der Waals surface area (Å²) < 4.78 is 5.59. The number of esters is 1. The van der Waals surface area contributed by atoms with E-state index < -0.39 is 11.0 Å². The van der Waals surface area contributed by atoms with Gasteiger partial charge in [0.25, 0.3) is 0 Å². The van der Waals surface area contributed by atoms with Crippen LogP contribution in [0.25, 0.3) is 6.08 Å². The van der Waals surface area contributed by atoms with Crippen LogP contribution in [0.2, 0.25) is 0 Å². The van der Waals surface area contributed by atoms with Crippen LogP contribution >= 0.6 is 24.8 Å². The minimum absolute atomic E-state index is 0. The average molecular weight is 514 g/mol. The quantitative estimate of drug-likeness (QED) is 0.367. The summed E-state index contributed by atoms with van der Waals surface area (Å²) in [6.07, 6.45) is 9.53. The highest BCUT2D eigenvalue weighted by atomic mass is 35.5. The van der Waals surface area contributed by atoms with E-state index in [1.54, 1.807) is 5.57 Å². The number of carbonyl (C=O) groups excluding carboxylic acids is 1. The molecule has 4 nitrogen and oxygen atoms in total. The molecular formula is C28H46Cl2N2O2. The van der Waals surface area contributed by atoms with Crippen LogP contribution in [0, 0.1) is 11.3 Å². The van der Waals surface area contributed by atoms with Crippen LogP contribution < -0.4 is 10.6 Å². The fourth-order valence-electron chi connectivity index (χ4n) is 4.68. The third-order valence-corrected chi connectivity index (χ3v) is 6.79. The third-order valence-electron chi connectivity index (χ3n) is 6.79. The average Bonchev–Trinajstić information content (AvgIpc) is 3.50. The van der Waals surface area contributed by atoms with Gasteiger partial charge in [0.2, 0.25) is 0 Å². The lowest BCUT2D eigenvalue weighted by Crippen LogP contribution is -2.46. The van der Waals surface area contributed by atoms with Gasteiger partial charge in [0.1, 0.15) is 5.60 Å². The lowest BCUT2D eigenvalue weighted by Gasteiger charge is -2.33. The fourth-order valence-corrected chi connectivity index (χ4v) is 4.68. The molecule has 0 radical (unpaired) electrons. The zero-order valence-corrected chi connectivity index (χ0v) is 23.5. The summed E-state index contributed by atoms with van der Waals surface area (Å²) in [4.78, 5) is 12.5. The van der Waals surface area contributed by atoms with Gasteiger partial charge in [-0.3, -0.25) is 4.79 Å². The Labute approximate surface area is 219 Å². The molecule has 34 heavy (non-hydrogen) atoms. The van der Waals surface area contributed by atoms with E-state index >= 15 is 0 Å². The molecule has 2 aliphatic rings. The maximum Gasteiger partial charge on any atom is 0.313 e. The Hall–Kier alpha value is -1.07. The van der Waals surface area contributed by atoms with E-state index in [0.717, 1.165) is 6.42 Å². The van der Waals surface area contributed by atoms with Crippen molar-refractivity contribution in [2.24, 2.45) is 11.3 Å². The molecule has 194 valence electrons. The number of hydrogen-bond acceptors (Lipinski definition) is 4. The van der Waals surface area contributed by atoms with Crippen molar-refractivity contribution in [2.75, 3.05) is 6.54 Å². The van der Waals surface area contributed by atoms with Gasteiger partial charge in [-0.05, 0) is 84.6 Å². The minimum Gasteiger partial charge on any atom is -0.460 e. The van der Waals surface area contributed by atoms with Gasteiger partial charge in [-0.1, -0.05) is 48.9 Å². The highest BCUT2D eigenvalue weighted by Crippen LogP contribution is 2.40. The zero-order valence-electron chi connectivity index (χ0n) is 21.9. The molecule has 0 aliphatic heterocycles. The molecule has 0 saturated heterocycles. The van der Waals surface area contributed by atoms with Crippen molar-refractivity contribution in [1.82, 2.24) is 10.6 Å². The zero-order chi connectivity index (χ0) is 23.4. The summed E-state index contributed by atoms with van der Waals surface area (Å²) in [5.74, 6) is 0.577. The predicted molar refractivity (Wildman–Crippen MR) is 148 cm³/mol. The highest BCUT2D eigenvalue weighted by Gasteiger charge is 2.40. The number of ether oxygens (including phenoxy) is 1. The molecule has 2 unspecified atom stereocenters. The van der Waals surface area contributed by atoms with Crippen LogP contribution in [0.4, 0.5) is 0 Å². The second kappa shape index (κ2) is 13.3. The molecule has 0 aromatic heterocycles. The van der Waals surface area contributed by atoms with Crippen LogP contribution in [0.3, 0.4) is 0 Å². The molecule has 0 heterocycles. The summed E-state index contributed by atoms with van der Waals surface area (Å²) in [7, 11) is 0. The third kappa shape index (κ3) is 9.53. The molecule has 0 spiro atoms. The maximum absolute atomic E-state index is 12.5. The standard InChI is InChI=1S/C28H44N2O2.2ClH/c1-7-21(17-20-11-9-8-10-12-20)24-18-25(24)30-23-15-13-22(14-16-23)29-19-28(5,6)26(31)32-27(2,3)4;;/h8-12,17,22-25,29-30H,7,13-16,18-19H2,1-6H3;2*1H/b21-17+;;/t22-,23-,24?,25?;;. The smallest absolute Gasteiger partial charge is 0.313 e. The Morgan fingerprint density at radius 1 is 1.00 bits per heavy atom. The number of carbonyl (C=O) groups is 1. The number of benzene rings is 1. The fraction of sp³-hybridized carbons (Fsp3) is 0.679. The summed E-state index contributed by atoms with van der Waals surface area (Å²) >= 11 is 0. The van der Waals surface area contributed by atoms with E-state index in [1.165, 1.54) is 37.7 Å². The number of nitrogens with one attached hydrogen (secondary N) is 2. The van der Waals surface area contributed by atoms with E-state index in [4.69, 9.17) is 4.74 Å². The summed E-state index contributed by atoms with van der Waals surface area (Å²) in [5, 5.41) is 7.58. The van der Waals surface area contributed by atoms with Crippen LogP contribution in [-0.2, 0) is 9.53 Å².